The molecule has 1 atom stereocenters. The van der Waals surface area contributed by atoms with Crippen LogP contribution in [0.5, 0.6) is 0 Å². The zero-order valence-electron chi connectivity index (χ0n) is 9.06. The van der Waals surface area contributed by atoms with Gasteiger partial charge in [-0.15, -0.1) is 0 Å². The second kappa shape index (κ2) is 5.51. The van der Waals surface area contributed by atoms with Gasteiger partial charge in [0, 0.05) is 0 Å². The van der Waals surface area contributed by atoms with E-state index in [1.165, 1.54) is 0 Å². The van der Waals surface area contributed by atoms with Gasteiger partial charge in [-0.3, -0.25) is 0 Å². The van der Waals surface area contributed by atoms with Crippen molar-refractivity contribution in [2.75, 3.05) is 6.61 Å². The molecule has 0 saturated carbocycles. The quantitative estimate of drug-likeness (QED) is 0.769. The van der Waals surface area contributed by atoms with E-state index in [4.69, 9.17) is 4.74 Å². The van der Waals surface area contributed by atoms with Gasteiger partial charge in [-0.1, -0.05) is 24.6 Å². The molecule has 3 nitrogen and oxygen atoms in total. The van der Waals surface area contributed by atoms with Crippen LogP contribution in [0.25, 0.3) is 0 Å². The van der Waals surface area contributed by atoms with E-state index in [-0.39, 0.29) is 12.6 Å². The number of aryl methyl sites for hydroxylation is 1. The van der Waals surface area contributed by atoms with Crippen molar-refractivity contribution in [1.82, 2.24) is 0 Å². The molecule has 1 aromatic rings. The molecule has 0 fully saturated rings. The average molecular weight is 208 g/mol. The Labute approximate surface area is 89.7 Å². The third-order valence-corrected chi connectivity index (χ3v) is 2.17. The van der Waals surface area contributed by atoms with Crippen LogP contribution in [0.2, 0.25) is 0 Å². The Bertz CT molecular complexity index is 316. The fourth-order valence-electron chi connectivity index (χ4n) is 1.06. The summed E-state index contributed by atoms with van der Waals surface area (Å²) in [4.78, 5) is 11.4. The number of aliphatic hydroxyl groups is 1. The first-order chi connectivity index (χ1) is 7.13. The molecule has 0 aliphatic rings. The lowest BCUT2D eigenvalue weighted by Gasteiger charge is -2.08. The lowest BCUT2D eigenvalue weighted by atomic mass is 10.1. The van der Waals surface area contributed by atoms with E-state index in [1.54, 1.807) is 12.1 Å². The SMILES string of the molecule is CCC(O)COC(=O)c1ccc(C)cc1. The van der Waals surface area contributed by atoms with Crippen molar-refractivity contribution >= 4 is 5.97 Å². The summed E-state index contributed by atoms with van der Waals surface area (Å²) < 4.78 is 4.93. The molecule has 0 amide bonds. The lowest BCUT2D eigenvalue weighted by molar-refractivity contribution is 0.0250. The molecule has 0 aliphatic heterocycles. The third kappa shape index (κ3) is 3.72. The minimum Gasteiger partial charge on any atom is -0.459 e. The molecule has 1 N–H and O–H groups in total. The van der Waals surface area contributed by atoms with Crippen LogP contribution in [0, 0.1) is 6.92 Å². The molecule has 0 radical (unpaired) electrons. The Morgan fingerprint density at radius 2 is 2.00 bits per heavy atom. The number of ether oxygens (including phenoxy) is 1. The molecule has 0 saturated heterocycles. The highest BCUT2D eigenvalue weighted by Crippen LogP contribution is 2.05. The Kier molecular flexibility index (Phi) is 4.31. The lowest BCUT2D eigenvalue weighted by Crippen LogP contribution is -2.17. The first kappa shape index (κ1) is 11.7. The number of carbonyl (C=O) groups excluding carboxylic acids is 1. The number of esters is 1. The first-order valence-electron chi connectivity index (χ1n) is 5.05. The normalized spacial score (nSPS) is 12.2. The van der Waals surface area contributed by atoms with Crippen LogP contribution >= 0.6 is 0 Å². The van der Waals surface area contributed by atoms with E-state index in [1.807, 2.05) is 26.0 Å². The molecular formula is C12H16O3. The Morgan fingerprint density at radius 1 is 1.40 bits per heavy atom. The number of hydrogen-bond acceptors (Lipinski definition) is 3. The van der Waals surface area contributed by atoms with Gasteiger partial charge < -0.3 is 9.84 Å². The number of rotatable bonds is 4. The van der Waals surface area contributed by atoms with E-state index in [9.17, 15) is 9.90 Å². The van der Waals surface area contributed by atoms with Crippen molar-refractivity contribution in [3.8, 4) is 0 Å². The van der Waals surface area contributed by atoms with Crippen molar-refractivity contribution in [2.24, 2.45) is 0 Å². The molecule has 15 heavy (non-hydrogen) atoms. The number of aliphatic hydroxyl groups excluding tert-OH is 1. The van der Waals surface area contributed by atoms with Gasteiger partial charge in [-0.05, 0) is 25.5 Å². The molecule has 1 aromatic carbocycles. The predicted octanol–water partition coefficient (Wildman–Crippen LogP) is 1.92. The molecule has 1 rings (SSSR count). The van der Waals surface area contributed by atoms with Crippen molar-refractivity contribution < 1.29 is 14.6 Å². The maximum Gasteiger partial charge on any atom is 0.338 e. The summed E-state index contributed by atoms with van der Waals surface area (Å²) in [7, 11) is 0. The van der Waals surface area contributed by atoms with Crippen LogP contribution in [0.4, 0.5) is 0 Å². The molecule has 0 aromatic heterocycles. The standard InChI is InChI=1S/C12H16O3/c1-3-11(13)8-15-12(14)10-6-4-9(2)5-7-10/h4-7,11,13H,3,8H2,1-2H3. The van der Waals surface area contributed by atoms with Crippen molar-refractivity contribution in [3.05, 3.63) is 35.4 Å². The van der Waals surface area contributed by atoms with Gasteiger partial charge >= 0.3 is 5.97 Å². The third-order valence-electron chi connectivity index (χ3n) is 2.17. The summed E-state index contributed by atoms with van der Waals surface area (Å²) in [6.45, 7) is 3.85. The average Bonchev–Trinajstić information content (AvgIpc) is 2.26. The van der Waals surface area contributed by atoms with E-state index in [2.05, 4.69) is 0 Å². The van der Waals surface area contributed by atoms with Crippen LogP contribution in [-0.4, -0.2) is 23.8 Å². The number of hydrogen-bond donors (Lipinski definition) is 1. The van der Waals surface area contributed by atoms with Crippen LogP contribution in [0.1, 0.15) is 29.3 Å². The monoisotopic (exact) mass is 208 g/mol. The van der Waals surface area contributed by atoms with Crippen molar-refractivity contribution in [2.45, 2.75) is 26.4 Å². The summed E-state index contributed by atoms with van der Waals surface area (Å²) in [6, 6.07) is 7.14. The zero-order valence-corrected chi connectivity index (χ0v) is 9.06. The van der Waals surface area contributed by atoms with Gasteiger partial charge in [0.15, 0.2) is 0 Å². The van der Waals surface area contributed by atoms with Crippen LogP contribution in [0.15, 0.2) is 24.3 Å². The van der Waals surface area contributed by atoms with Crippen molar-refractivity contribution in [1.29, 1.82) is 0 Å². The maximum atomic E-state index is 11.4. The summed E-state index contributed by atoms with van der Waals surface area (Å²) in [5, 5.41) is 9.22. The van der Waals surface area contributed by atoms with Gasteiger partial charge in [0.05, 0.1) is 11.7 Å². The smallest absolute Gasteiger partial charge is 0.338 e. The second-order valence-corrected chi connectivity index (χ2v) is 3.53. The molecule has 0 aliphatic carbocycles. The van der Waals surface area contributed by atoms with Gasteiger partial charge in [0.25, 0.3) is 0 Å². The van der Waals surface area contributed by atoms with E-state index < -0.39 is 6.10 Å². The fraction of sp³-hybridized carbons (Fsp3) is 0.417. The van der Waals surface area contributed by atoms with Gasteiger partial charge in [0.1, 0.15) is 6.61 Å². The van der Waals surface area contributed by atoms with Gasteiger partial charge in [0.2, 0.25) is 0 Å². The van der Waals surface area contributed by atoms with Crippen molar-refractivity contribution in [3.63, 3.8) is 0 Å². The molecule has 0 spiro atoms. The highest BCUT2D eigenvalue weighted by Gasteiger charge is 2.08. The van der Waals surface area contributed by atoms with Gasteiger partial charge in [-0.2, -0.15) is 0 Å². The zero-order chi connectivity index (χ0) is 11.3. The fourth-order valence-corrected chi connectivity index (χ4v) is 1.06. The topological polar surface area (TPSA) is 46.5 Å². The number of benzene rings is 1. The van der Waals surface area contributed by atoms with E-state index in [0.717, 1.165) is 5.56 Å². The second-order valence-electron chi connectivity index (χ2n) is 3.53. The maximum absolute atomic E-state index is 11.4. The van der Waals surface area contributed by atoms with Crippen LogP contribution in [-0.2, 0) is 4.74 Å². The Morgan fingerprint density at radius 3 is 2.53 bits per heavy atom. The Balaban J connectivity index is 2.50. The van der Waals surface area contributed by atoms with Crippen LogP contribution < -0.4 is 0 Å². The van der Waals surface area contributed by atoms with E-state index >= 15 is 0 Å². The minimum atomic E-state index is -0.570. The summed E-state index contributed by atoms with van der Waals surface area (Å²) >= 11 is 0. The minimum absolute atomic E-state index is 0.0587. The molecule has 3 heteroatoms. The highest BCUT2D eigenvalue weighted by atomic mass is 16.5. The number of carbonyl (C=O) groups is 1. The molecule has 0 bridgehead atoms. The first-order valence-corrected chi connectivity index (χ1v) is 5.05. The highest BCUT2D eigenvalue weighted by molar-refractivity contribution is 5.89. The molecule has 0 heterocycles. The Hall–Kier alpha value is -1.35. The summed E-state index contributed by atoms with van der Waals surface area (Å²) in [5.41, 5.74) is 1.61. The molecule has 1 unspecified atom stereocenters. The summed E-state index contributed by atoms with van der Waals surface area (Å²) in [6.07, 6.45) is 0.0145. The molecular weight excluding hydrogens is 192 g/mol. The molecule has 82 valence electrons. The van der Waals surface area contributed by atoms with E-state index in [0.29, 0.717) is 12.0 Å². The van der Waals surface area contributed by atoms with Crippen LogP contribution in [0.3, 0.4) is 0 Å². The summed E-state index contributed by atoms with van der Waals surface area (Å²) in [5.74, 6) is -0.387. The van der Waals surface area contributed by atoms with Gasteiger partial charge in [-0.25, -0.2) is 4.79 Å². The largest absolute Gasteiger partial charge is 0.459 e. The predicted molar refractivity (Wildman–Crippen MR) is 57.8 cm³/mol.